The number of benzene rings is 2. The average Bonchev–Trinajstić information content (AvgIpc) is 2.76. The summed E-state index contributed by atoms with van der Waals surface area (Å²) in [6, 6.07) is 12.7. The van der Waals surface area contributed by atoms with E-state index < -0.39 is 5.97 Å². The molecule has 0 spiro atoms. The van der Waals surface area contributed by atoms with E-state index in [4.69, 9.17) is 19.7 Å². The Balaban J connectivity index is 1.53. The molecule has 0 aliphatic heterocycles. The topological polar surface area (TPSA) is 105 Å². The van der Waals surface area contributed by atoms with E-state index >= 15 is 0 Å². The summed E-state index contributed by atoms with van der Waals surface area (Å²) in [4.78, 5) is 24.6. The Labute approximate surface area is 177 Å². The van der Waals surface area contributed by atoms with Crippen molar-refractivity contribution < 1.29 is 24.5 Å². The van der Waals surface area contributed by atoms with Gasteiger partial charge in [0.1, 0.15) is 12.4 Å². The quantitative estimate of drug-likeness (QED) is 0.242. The second-order valence-corrected chi connectivity index (χ2v) is 7.85. The van der Waals surface area contributed by atoms with Gasteiger partial charge in [-0.1, -0.05) is 12.1 Å². The summed E-state index contributed by atoms with van der Waals surface area (Å²) in [5.41, 5.74) is -0.0567. The van der Waals surface area contributed by atoms with Crippen LogP contribution in [0, 0.1) is 0 Å². The van der Waals surface area contributed by atoms with E-state index in [1.807, 2.05) is 24.3 Å². The molecule has 0 fully saturated rings. The molecule has 0 unspecified atom stereocenters. The molecule has 3 N–H and O–H groups in total. The van der Waals surface area contributed by atoms with E-state index in [9.17, 15) is 9.59 Å². The lowest BCUT2D eigenvalue weighted by Gasteiger charge is -2.16. The molecule has 0 saturated heterocycles. The summed E-state index contributed by atoms with van der Waals surface area (Å²) < 4.78 is 12.4. The lowest BCUT2D eigenvalue weighted by atomic mass is 10.1. The van der Waals surface area contributed by atoms with Gasteiger partial charge >= 0.3 is 5.97 Å². The summed E-state index contributed by atoms with van der Waals surface area (Å²) in [6.07, 6.45) is 1.05. The first-order chi connectivity index (χ1) is 14.6. The van der Waals surface area contributed by atoms with Crippen molar-refractivity contribution in [3.63, 3.8) is 0 Å². The Hall–Kier alpha value is -2.52. The molecular weight excluding hydrogens is 406 g/mol. The van der Waals surface area contributed by atoms with Crippen molar-refractivity contribution in [1.29, 1.82) is 0 Å². The van der Waals surface area contributed by atoms with Gasteiger partial charge in [0.05, 0.1) is 0 Å². The highest BCUT2D eigenvalue weighted by molar-refractivity contribution is 7.24. The number of aliphatic hydroxyl groups excluding tert-OH is 2. The molecule has 0 saturated carbocycles. The molecule has 160 valence electrons. The summed E-state index contributed by atoms with van der Waals surface area (Å²) in [5, 5.41) is 22.3. The maximum atomic E-state index is 12.7. The molecule has 0 atom stereocenters. The van der Waals surface area contributed by atoms with Gasteiger partial charge in [-0.15, -0.1) is 11.3 Å². The first-order valence-corrected chi connectivity index (χ1v) is 10.6. The highest BCUT2D eigenvalue weighted by atomic mass is 32.1. The predicted octanol–water partition coefficient (Wildman–Crippen LogP) is 2.06. The highest BCUT2D eigenvalue weighted by Crippen LogP contribution is 2.27. The molecule has 3 rings (SSSR count). The normalized spacial score (nSPS) is 11.3. The van der Waals surface area contributed by atoms with Gasteiger partial charge in [-0.25, -0.2) is 4.79 Å². The Morgan fingerprint density at radius 3 is 2.53 bits per heavy atom. The van der Waals surface area contributed by atoms with Crippen LogP contribution < -0.4 is 15.5 Å². The zero-order valence-electron chi connectivity index (χ0n) is 16.5. The number of carbonyl (C=O) groups excluding carboxylic acids is 1. The molecule has 0 bridgehead atoms. The van der Waals surface area contributed by atoms with Crippen molar-refractivity contribution in [3.8, 4) is 5.75 Å². The third-order valence-electron chi connectivity index (χ3n) is 4.66. The first kappa shape index (κ1) is 22.2. The van der Waals surface area contributed by atoms with Crippen molar-refractivity contribution >= 4 is 37.5 Å². The van der Waals surface area contributed by atoms with E-state index in [-0.39, 0.29) is 37.9 Å². The van der Waals surface area contributed by atoms with Gasteiger partial charge < -0.3 is 25.0 Å². The smallest absolute Gasteiger partial charge is 0.344 e. The van der Waals surface area contributed by atoms with Crippen LogP contribution in [-0.4, -0.2) is 55.2 Å². The van der Waals surface area contributed by atoms with Crippen molar-refractivity contribution in [2.75, 3.05) is 33.0 Å². The Bertz CT molecular complexity index is 1040. The molecule has 8 heteroatoms. The second-order valence-electron chi connectivity index (χ2n) is 6.77. The highest BCUT2D eigenvalue weighted by Gasteiger charge is 2.10. The van der Waals surface area contributed by atoms with Crippen molar-refractivity contribution in [2.45, 2.75) is 18.9 Å². The van der Waals surface area contributed by atoms with Gasteiger partial charge in [-0.05, 0) is 43.2 Å². The fraction of sp³-hybridized carbons (Fsp3) is 0.364. The van der Waals surface area contributed by atoms with E-state index in [0.717, 1.165) is 9.40 Å². The average molecular weight is 432 g/mol. The van der Waals surface area contributed by atoms with Crippen LogP contribution in [0.25, 0.3) is 20.2 Å². The first-order valence-electron chi connectivity index (χ1n) is 9.81. The maximum Gasteiger partial charge on any atom is 0.344 e. The zero-order valence-corrected chi connectivity index (χ0v) is 17.3. The SMILES string of the molecule is O=C(COc1ccc2sc3ccccc3c(=O)c2c1)OCCNC(CCO)CCO. The minimum Gasteiger partial charge on any atom is -0.482 e. The van der Waals surface area contributed by atoms with Crippen LogP contribution in [0.15, 0.2) is 47.3 Å². The van der Waals surface area contributed by atoms with Crippen LogP contribution in [0.2, 0.25) is 0 Å². The van der Waals surface area contributed by atoms with Gasteiger partial charge in [-0.2, -0.15) is 0 Å². The van der Waals surface area contributed by atoms with Crippen molar-refractivity contribution in [3.05, 3.63) is 52.7 Å². The van der Waals surface area contributed by atoms with Crippen LogP contribution in [-0.2, 0) is 9.53 Å². The second kappa shape index (κ2) is 11.0. The number of rotatable bonds is 11. The Morgan fingerprint density at radius 1 is 1.03 bits per heavy atom. The largest absolute Gasteiger partial charge is 0.482 e. The molecular formula is C22H25NO6S. The van der Waals surface area contributed by atoms with Crippen molar-refractivity contribution in [2.24, 2.45) is 0 Å². The van der Waals surface area contributed by atoms with E-state index in [1.54, 1.807) is 18.2 Å². The van der Waals surface area contributed by atoms with Gasteiger partial charge in [0, 0.05) is 46.0 Å². The summed E-state index contributed by atoms with van der Waals surface area (Å²) in [5.74, 6) is -0.0791. The van der Waals surface area contributed by atoms with Gasteiger partial charge in [0.15, 0.2) is 12.0 Å². The molecule has 3 aromatic rings. The number of esters is 1. The molecule has 30 heavy (non-hydrogen) atoms. The van der Waals surface area contributed by atoms with E-state index in [0.29, 0.717) is 35.9 Å². The molecule has 0 aliphatic rings. The summed E-state index contributed by atoms with van der Waals surface area (Å²) >= 11 is 1.54. The lowest BCUT2D eigenvalue weighted by molar-refractivity contribution is -0.145. The van der Waals surface area contributed by atoms with Gasteiger partial charge in [-0.3, -0.25) is 4.79 Å². The predicted molar refractivity (Wildman–Crippen MR) is 117 cm³/mol. The van der Waals surface area contributed by atoms with Gasteiger partial charge in [0.25, 0.3) is 0 Å². The third-order valence-corrected chi connectivity index (χ3v) is 5.81. The number of carbonyl (C=O) groups is 1. The molecule has 2 aromatic carbocycles. The zero-order chi connectivity index (χ0) is 21.3. The third kappa shape index (κ3) is 5.76. The fourth-order valence-electron chi connectivity index (χ4n) is 3.14. The standard InChI is InChI=1S/C22H25NO6S/c24-10-7-15(8-11-25)23-9-12-28-21(26)14-29-16-5-6-20-18(13-16)22(27)17-3-1-2-4-19(17)30-20/h1-6,13,15,23-25H,7-12,14H2. The minimum absolute atomic E-state index is 0.0222. The molecule has 0 aliphatic carbocycles. The monoisotopic (exact) mass is 431 g/mol. The van der Waals surface area contributed by atoms with Crippen molar-refractivity contribution in [1.82, 2.24) is 5.32 Å². The van der Waals surface area contributed by atoms with Crippen LogP contribution in [0.1, 0.15) is 12.8 Å². The lowest BCUT2D eigenvalue weighted by Crippen LogP contribution is -2.34. The molecule has 0 radical (unpaired) electrons. The number of hydrogen-bond donors (Lipinski definition) is 3. The molecule has 7 nitrogen and oxygen atoms in total. The number of fused-ring (bicyclic) bond motifs is 2. The molecule has 1 heterocycles. The van der Waals surface area contributed by atoms with Gasteiger partial charge in [0.2, 0.25) is 0 Å². The minimum atomic E-state index is -0.513. The van der Waals surface area contributed by atoms with Crippen LogP contribution in [0.5, 0.6) is 5.75 Å². The molecule has 0 amide bonds. The maximum absolute atomic E-state index is 12.7. The van der Waals surface area contributed by atoms with Crippen LogP contribution in [0.3, 0.4) is 0 Å². The Kier molecular flexibility index (Phi) is 8.15. The number of hydrogen-bond acceptors (Lipinski definition) is 8. The summed E-state index contributed by atoms with van der Waals surface area (Å²) in [6.45, 7) is 0.372. The van der Waals surface area contributed by atoms with Crippen LogP contribution in [0.4, 0.5) is 0 Å². The number of nitrogens with one attached hydrogen (secondary N) is 1. The number of ether oxygens (including phenoxy) is 2. The van der Waals surface area contributed by atoms with E-state index in [2.05, 4.69) is 5.32 Å². The summed E-state index contributed by atoms with van der Waals surface area (Å²) in [7, 11) is 0. The molecule has 1 aromatic heterocycles. The fourth-order valence-corrected chi connectivity index (χ4v) is 4.20. The number of aliphatic hydroxyl groups is 2. The van der Waals surface area contributed by atoms with E-state index in [1.165, 1.54) is 11.3 Å². The Morgan fingerprint density at radius 2 is 1.77 bits per heavy atom. The van der Waals surface area contributed by atoms with Crippen LogP contribution >= 0.6 is 11.3 Å².